The van der Waals surface area contributed by atoms with E-state index in [1.807, 2.05) is 50.8 Å². The molecule has 1 saturated heterocycles. The Labute approximate surface area is 133 Å². The zero-order valence-corrected chi connectivity index (χ0v) is 14.1. The zero-order chi connectivity index (χ0) is 16.3. The van der Waals surface area contributed by atoms with Crippen LogP contribution in [-0.4, -0.2) is 54.2 Å². The lowest BCUT2D eigenvalue weighted by Crippen LogP contribution is -2.50. The van der Waals surface area contributed by atoms with Crippen LogP contribution in [0.2, 0.25) is 0 Å². The average molecular weight is 302 g/mol. The number of ketones is 1. The molecule has 1 heterocycles. The molecule has 1 aromatic carbocycles. The largest absolute Gasteiger partial charge is 0.340 e. The monoisotopic (exact) mass is 302 g/mol. The van der Waals surface area contributed by atoms with Crippen molar-refractivity contribution in [3.8, 4) is 0 Å². The smallest absolute Gasteiger partial charge is 0.225 e. The van der Waals surface area contributed by atoms with Crippen LogP contribution in [0, 0.1) is 19.8 Å². The molecule has 0 spiro atoms. The van der Waals surface area contributed by atoms with E-state index in [1.54, 1.807) is 0 Å². The van der Waals surface area contributed by atoms with Gasteiger partial charge in [0.25, 0.3) is 0 Å². The van der Waals surface area contributed by atoms with Crippen LogP contribution in [0.15, 0.2) is 18.2 Å². The van der Waals surface area contributed by atoms with Crippen molar-refractivity contribution in [2.75, 3.05) is 32.7 Å². The van der Waals surface area contributed by atoms with Crippen molar-refractivity contribution in [3.63, 3.8) is 0 Å². The highest BCUT2D eigenvalue weighted by Gasteiger charge is 2.24. The number of carbonyl (C=O) groups is 2. The predicted molar refractivity (Wildman–Crippen MR) is 88.1 cm³/mol. The Morgan fingerprint density at radius 3 is 2.32 bits per heavy atom. The van der Waals surface area contributed by atoms with Gasteiger partial charge in [-0.3, -0.25) is 14.5 Å². The van der Waals surface area contributed by atoms with Crippen molar-refractivity contribution in [1.82, 2.24) is 9.80 Å². The molecule has 0 unspecified atom stereocenters. The summed E-state index contributed by atoms with van der Waals surface area (Å²) in [6.07, 6.45) is 0. The predicted octanol–water partition coefficient (Wildman–Crippen LogP) is 2.29. The number of rotatable bonds is 4. The summed E-state index contributed by atoms with van der Waals surface area (Å²) in [6.45, 7) is 11.3. The Bertz CT molecular complexity index is 558. The summed E-state index contributed by atoms with van der Waals surface area (Å²) in [7, 11) is 0. The fourth-order valence-corrected chi connectivity index (χ4v) is 2.82. The van der Waals surface area contributed by atoms with E-state index >= 15 is 0 Å². The molecular weight excluding hydrogens is 276 g/mol. The van der Waals surface area contributed by atoms with Crippen molar-refractivity contribution < 1.29 is 9.59 Å². The van der Waals surface area contributed by atoms with Crippen LogP contribution in [0.25, 0.3) is 0 Å². The first-order chi connectivity index (χ1) is 10.4. The Hall–Kier alpha value is -1.68. The van der Waals surface area contributed by atoms with E-state index in [9.17, 15) is 9.59 Å². The summed E-state index contributed by atoms with van der Waals surface area (Å²) < 4.78 is 0. The number of hydrogen-bond acceptors (Lipinski definition) is 3. The van der Waals surface area contributed by atoms with Crippen LogP contribution >= 0.6 is 0 Å². The maximum absolute atomic E-state index is 12.5. The van der Waals surface area contributed by atoms with E-state index in [0.29, 0.717) is 6.54 Å². The SMILES string of the molecule is Cc1ccc(C)c(C(=O)CN2CCN(C(=O)C(C)C)CC2)c1. The molecule has 22 heavy (non-hydrogen) atoms. The minimum atomic E-state index is 0.0446. The van der Waals surface area contributed by atoms with Gasteiger partial charge in [0.1, 0.15) is 0 Å². The van der Waals surface area contributed by atoms with Crippen LogP contribution in [-0.2, 0) is 4.79 Å². The summed E-state index contributed by atoms with van der Waals surface area (Å²) in [5.41, 5.74) is 2.96. The molecule has 1 aliphatic rings. The lowest BCUT2D eigenvalue weighted by molar-refractivity contribution is -0.136. The molecule has 0 aromatic heterocycles. The molecule has 120 valence electrons. The first-order valence-electron chi connectivity index (χ1n) is 8.00. The third-order valence-electron chi connectivity index (χ3n) is 4.24. The lowest BCUT2D eigenvalue weighted by atomic mass is 10.0. The number of piperazine rings is 1. The number of nitrogens with zero attached hydrogens (tertiary/aromatic N) is 2. The molecule has 4 heteroatoms. The second-order valence-corrected chi connectivity index (χ2v) is 6.50. The van der Waals surface area contributed by atoms with Gasteiger partial charge in [-0.1, -0.05) is 31.5 Å². The number of hydrogen-bond donors (Lipinski definition) is 0. The number of benzene rings is 1. The van der Waals surface area contributed by atoms with Crippen LogP contribution < -0.4 is 0 Å². The maximum Gasteiger partial charge on any atom is 0.225 e. The molecule has 1 aliphatic heterocycles. The van der Waals surface area contributed by atoms with Crippen molar-refractivity contribution in [2.24, 2.45) is 5.92 Å². The minimum absolute atomic E-state index is 0.0446. The number of aryl methyl sites for hydroxylation is 2. The van der Waals surface area contributed by atoms with Gasteiger partial charge < -0.3 is 4.90 Å². The van der Waals surface area contributed by atoms with Crippen molar-refractivity contribution in [1.29, 1.82) is 0 Å². The van der Waals surface area contributed by atoms with E-state index < -0.39 is 0 Å². The zero-order valence-electron chi connectivity index (χ0n) is 14.1. The summed E-state index contributed by atoms with van der Waals surface area (Å²) in [5.74, 6) is 0.425. The number of carbonyl (C=O) groups excluding carboxylic acids is 2. The van der Waals surface area contributed by atoms with Gasteiger partial charge in [-0.05, 0) is 25.5 Å². The third kappa shape index (κ3) is 3.95. The van der Waals surface area contributed by atoms with Crippen LogP contribution in [0.5, 0.6) is 0 Å². The molecular formula is C18H26N2O2. The maximum atomic E-state index is 12.5. The van der Waals surface area contributed by atoms with Crippen molar-refractivity contribution in [2.45, 2.75) is 27.7 Å². The van der Waals surface area contributed by atoms with E-state index in [-0.39, 0.29) is 17.6 Å². The van der Waals surface area contributed by atoms with Gasteiger partial charge in [0, 0.05) is 37.7 Å². The second kappa shape index (κ2) is 7.05. The second-order valence-electron chi connectivity index (χ2n) is 6.50. The molecule has 0 aliphatic carbocycles. The molecule has 1 fully saturated rings. The quantitative estimate of drug-likeness (QED) is 0.801. The topological polar surface area (TPSA) is 40.6 Å². The molecule has 0 radical (unpaired) electrons. The van der Waals surface area contributed by atoms with Gasteiger partial charge in [0.2, 0.25) is 5.91 Å². The molecule has 0 bridgehead atoms. The van der Waals surface area contributed by atoms with Crippen LogP contribution in [0.1, 0.15) is 35.3 Å². The molecule has 1 amide bonds. The van der Waals surface area contributed by atoms with Crippen molar-refractivity contribution >= 4 is 11.7 Å². The first-order valence-corrected chi connectivity index (χ1v) is 8.00. The normalized spacial score (nSPS) is 16.1. The summed E-state index contributed by atoms with van der Waals surface area (Å²) >= 11 is 0. The van der Waals surface area contributed by atoms with Gasteiger partial charge in [-0.2, -0.15) is 0 Å². The van der Waals surface area contributed by atoms with Crippen LogP contribution in [0.4, 0.5) is 0 Å². The summed E-state index contributed by atoms with van der Waals surface area (Å²) in [5, 5.41) is 0. The Morgan fingerprint density at radius 1 is 1.09 bits per heavy atom. The summed E-state index contributed by atoms with van der Waals surface area (Å²) in [6, 6.07) is 6.00. The van der Waals surface area contributed by atoms with Gasteiger partial charge in [-0.15, -0.1) is 0 Å². The molecule has 0 saturated carbocycles. The fraction of sp³-hybridized carbons (Fsp3) is 0.556. The highest BCUT2D eigenvalue weighted by molar-refractivity contribution is 5.99. The van der Waals surface area contributed by atoms with Gasteiger partial charge in [0.05, 0.1) is 6.54 Å². The van der Waals surface area contributed by atoms with E-state index in [4.69, 9.17) is 0 Å². The Morgan fingerprint density at radius 2 is 1.73 bits per heavy atom. The molecule has 2 rings (SSSR count). The number of amides is 1. The first kappa shape index (κ1) is 16.7. The fourth-order valence-electron chi connectivity index (χ4n) is 2.82. The highest BCUT2D eigenvalue weighted by atomic mass is 16.2. The van der Waals surface area contributed by atoms with Crippen molar-refractivity contribution in [3.05, 3.63) is 34.9 Å². The lowest BCUT2D eigenvalue weighted by Gasteiger charge is -2.35. The van der Waals surface area contributed by atoms with Gasteiger partial charge in [0.15, 0.2) is 5.78 Å². The molecule has 1 aromatic rings. The molecule has 4 nitrogen and oxygen atoms in total. The average Bonchev–Trinajstić information content (AvgIpc) is 2.49. The van der Waals surface area contributed by atoms with E-state index in [1.165, 1.54) is 0 Å². The van der Waals surface area contributed by atoms with E-state index in [2.05, 4.69) is 4.90 Å². The Balaban J connectivity index is 1.92. The van der Waals surface area contributed by atoms with Gasteiger partial charge >= 0.3 is 0 Å². The highest BCUT2D eigenvalue weighted by Crippen LogP contribution is 2.13. The minimum Gasteiger partial charge on any atom is -0.340 e. The standard InChI is InChI=1S/C18H26N2O2/c1-13(2)18(22)20-9-7-19(8-10-20)12-17(21)16-11-14(3)5-6-15(16)4/h5-6,11,13H,7-10,12H2,1-4H3. The molecule has 0 N–H and O–H groups in total. The summed E-state index contributed by atoms with van der Waals surface area (Å²) in [4.78, 5) is 28.5. The van der Waals surface area contributed by atoms with Gasteiger partial charge in [-0.25, -0.2) is 0 Å². The Kier molecular flexibility index (Phi) is 5.35. The van der Waals surface area contributed by atoms with Crippen LogP contribution in [0.3, 0.4) is 0 Å². The number of Topliss-reactive ketones (excluding diaryl/α,β-unsaturated/α-hetero) is 1. The third-order valence-corrected chi connectivity index (χ3v) is 4.24. The van der Waals surface area contributed by atoms with E-state index in [0.717, 1.165) is 42.9 Å². The molecule has 0 atom stereocenters.